The van der Waals surface area contributed by atoms with Crippen molar-refractivity contribution >= 4 is 11.6 Å². The van der Waals surface area contributed by atoms with Gasteiger partial charge in [0.2, 0.25) is 5.91 Å². The molecule has 1 rings (SSSR count). The summed E-state index contributed by atoms with van der Waals surface area (Å²) in [5, 5.41) is 2.92. The molecule has 0 aliphatic heterocycles. The molecule has 112 valence electrons. The van der Waals surface area contributed by atoms with Crippen molar-refractivity contribution in [1.82, 2.24) is 0 Å². The molecule has 0 radical (unpaired) electrons. The third kappa shape index (κ3) is 6.06. The molecular formula is C16H26N2O2. The molecule has 20 heavy (non-hydrogen) atoms. The first-order valence-corrected chi connectivity index (χ1v) is 7.39. The Morgan fingerprint density at radius 2 is 2.10 bits per heavy atom. The summed E-state index contributed by atoms with van der Waals surface area (Å²) in [7, 11) is 0. The molecule has 0 heterocycles. The van der Waals surface area contributed by atoms with Crippen LogP contribution in [0, 0.1) is 5.92 Å². The molecule has 3 N–H and O–H groups in total. The number of carbonyl (C=O) groups excluding carboxylic acids is 1. The van der Waals surface area contributed by atoms with E-state index in [0.29, 0.717) is 25.5 Å². The van der Waals surface area contributed by atoms with Crippen molar-refractivity contribution in [3.05, 3.63) is 24.3 Å². The van der Waals surface area contributed by atoms with E-state index in [0.717, 1.165) is 30.7 Å². The van der Waals surface area contributed by atoms with Crippen LogP contribution < -0.4 is 15.8 Å². The molecule has 0 saturated carbocycles. The van der Waals surface area contributed by atoms with Crippen molar-refractivity contribution in [1.29, 1.82) is 0 Å². The molecule has 0 saturated heterocycles. The normalized spacial score (nSPS) is 11.9. The molecule has 0 bridgehead atoms. The fraction of sp³-hybridized carbons (Fsp3) is 0.562. The second-order valence-electron chi connectivity index (χ2n) is 5.11. The molecular weight excluding hydrogens is 252 g/mol. The molecule has 4 heteroatoms. The van der Waals surface area contributed by atoms with E-state index in [1.165, 1.54) is 0 Å². The maximum Gasteiger partial charge on any atom is 0.224 e. The monoisotopic (exact) mass is 278 g/mol. The van der Waals surface area contributed by atoms with Crippen LogP contribution in [-0.4, -0.2) is 19.1 Å². The highest BCUT2D eigenvalue weighted by Gasteiger charge is 2.09. The average molecular weight is 278 g/mol. The number of anilines is 1. The fourth-order valence-corrected chi connectivity index (χ4v) is 1.93. The summed E-state index contributed by atoms with van der Waals surface area (Å²) in [4.78, 5) is 11.9. The average Bonchev–Trinajstić information content (AvgIpc) is 2.44. The Morgan fingerprint density at radius 1 is 1.35 bits per heavy atom. The van der Waals surface area contributed by atoms with Gasteiger partial charge in [-0.1, -0.05) is 26.0 Å². The Labute approximate surface area is 121 Å². The SMILES string of the molecule is CCCOc1ccccc1NC(=O)CCC(C)CCN. The van der Waals surface area contributed by atoms with E-state index in [1.54, 1.807) is 0 Å². The number of hydrogen-bond donors (Lipinski definition) is 2. The lowest BCUT2D eigenvalue weighted by Gasteiger charge is -2.13. The largest absolute Gasteiger partial charge is 0.491 e. The summed E-state index contributed by atoms with van der Waals surface area (Å²) < 4.78 is 5.62. The van der Waals surface area contributed by atoms with Crippen LogP contribution in [0.4, 0.5) is 5.69 Å². The van der Waals surface area contributed by atoms with Gasteiger partial charge in [-0.15, -0.1) is 0 Å². The zero-order chi connectivity index (χ0) is 14.8. The fourth-order valence-electron chi connectivity index (χ4n) is 1.93. The summed E-state index contributed by atoms with van der Waals surface area (Å²) in [6, 6.07) is 7.55. The van der Waals surface area contributed by atoms with Gasteiger partial charge in [0.15, 0.2) is 0 Å². The van der Waals surface area contributed by atoms with Gasteiger partial charge in [-0.2, -0.15) is 0 Å². The van der Waals surface area contributed by atoms with Crippen molar-refractivity contribution in [3.8, 4) is 5.75 Å². The van der Waals surface area contributed by atoms with E-state index in [9.17, 15) is 4.79 Å². The molecule has 0 aromatic heterocycles. The molecule has 0 fully saturated rings. The highest BCUT2D eigenvalue weighted by atomic mass is 16.5. The number of benzene rings is 1. The Morgan fingerprint density at radius 3 is 2.80 bits per heavy atom. The third-order valence-electron chi connectivity index (χ3n) is 3.15. The number of hydrogen-bond acceptors (Lipinski definition) is 3. The first-order chi connectivity index (χ1) is 9.67. The predicted molar refractivity (Wildman–Crippen MR) is 82.9 cm³/mol. The highest BCUT2D eigenvalue weighted by molar-refractivity contribution is 5.92. The number of carbonyl (C=O) groups is 1. The number of nitrogens with one attached hydrogen (secondary N) is 1. The van der Waals surface area contributed by atoms with Gasteiger partial charge in [-0.3, -0.25) is 4.79 Å². The van der Waals surface area contributed by atoms with Crippen molar-refractivity contribution in [2.24, 2.45) is 11.7 Å². The van der Waals surface area contributed by atoms with Crippen LogP contribution >= 0.6 is 0 Å². The van der Waals surface area contributed by atoms with Gasteiger partial charge in [0, 0.05) is 6.42 Å². The number of nitrogens with two attached hydrogens (primary N) is 1. The number of ether oxygens (including phenoxy) is 1. The lowest BCUT2D eigenvalue weighted by molar-refractivity contribution is -0.116. The van der Waals surface area contributed by atoms with Gasteiger partial charge in [-0.05, 0) is 43.9 Å². The van der Waals surface area contributed by atoms with Crippen LogP contribution in [0.25, 0.3) is 0 Å². The van der Waals surface area contributed by atoms with E-state index < -0.39 is 0 Å². The molecule has 0 aliphatic carbocycles. The molecule has 1 aromatic rings. The standard InChI is InChI=1S/C16H26N2O2/c1-3-12-20-15-7-5-4-6-14(15)18-16(19)9-8-13(2)10-11-17/h4-7,13H,3,8-12,17H2,1-2H3,(H,18,19). The van der Waals surface area contributed by atoms with E-state index in [2.05, 4.69) is 19.2 Å². The highest BCUT2D eigenvalue weighted by Crippen LogP contribution is 2.24. The zero-order valence-corrected chi connectivity index (χ0v) is 12.5. The summed E-state index contributed by atoms with van der Waals surface area (Å²) >= 11 is 0. The Balaban J connectivity index is 2.48. The number of amides is 1. The van der Waals surface area contributed by atoms with E-state index in [1.807, 2.05) is 24.3 Å². The van der Waals surface area contributed by atoms with E-state index in [-0.39, 0.29) is 5.91 Å². The van der Waals surface area contributed by atoms with Crippen LogP contribution in [0.5, 0.6) is 5.75 Å². The first-order valence-electron chi connectivity index (χ1n) is 7.39. The van der Waals surface area contributed by atoms with Gasteiger partial charge in [0.1, 0.15) is 5.75 Å². The van der Waals surface area contributed by atoms with Crippen LogP contribution in [0.15, 0.2) is 24.3 Å². The summed E-state index contributed by atoms with van der Waals surface area (Å²) in [6.45, 7) is 5.51. The topological polar surface area (TPSA) is 64.3 Å². The van der Waals surface area contributed by atoms with Gasteiger partial charge in [0.25, 0.3) is 0 Å². The van der Waals surface area contributed by atoms with Crippen molar-refractivity contribution in [2.45, 2.75) is 39.5 Å². The summed E-state index contributed by atoms with van der Waals surface area (Å²) in [6.07, 6.45) is 3.28. The van der Waals surface area contributed by atoms with Crippen LogP contribution in [0.2, 0.25) is 0 Å². The third-order valence-corrected chi connectivity index (χ3v) is 3.15. The minimum absolute atomic E-state index is 0.0291. The van der Waals surface area contributed by atoms with Crippen molar-refractivity contribution in [3.63, 3.8) is 0 Å². The quantitative estimate of drug-likeness (QED) is 0.729. The summed E-state index contributed by atoms with van der Waals surface area (Å²) in [5.74, 6) is 1.25. The molecule has 1 unspecified atom stereocenters. The maximum absolute atomic E-state index is 11.9. The zero-order valence-electron chi connectivity index (χ0n) is 12.5. The Bertz CT molecular complexity index is 407. The molecule has 1 aromatic carbocycles. The van der Waals surface area contributed by atoms with Crippen molar-refractivity contribution in [2.75, 3.05) is 18.5 Å². The van der Waals surface area contributed by atoms with Gasteiger partial charge < -0.3 is 15.8 Å². The first kappa shape index (κ1) is 16.5. The van der Waals surface area contributed by atoms with Crippen LogP contribution in [0.1, 0.15) is 39.5 Å². The van der Waals surface area contributed by atoms with E-state index in [4.69, 9.17) is 10.5 Å². The van der Waals surface area contributed by atoms with Gasteiger partial charge in [0.05, 0.1) is 12.3 Å². The summed E-state index contributed by atoms with van der Waals surface area (Å²) in [5.41, 5.74) is 6.26. The molecule has 0 spiro atoms. The van der Waals surface area contributed by atoms with Crippen LogP contribution in [-0.2, 0) is 4.79 Å². The number of rotatable bonds is 9. The van der Waals surface area contributed by atoms with Crippen LogP contribution in [0.3, 0.4) is 0 Å². The lowest BCUT2D eigenvalue weighted by atomic mass is 10.0. The molecule has 0 aliphatic rings. The maximum atomic E-state index is 11.9. The van der Waals surface area contributed by atoms with Crippen molar-refractivity contribution < 1.29 is 9.53 Å². The van der Waals surface area contributed by atoms with Gasteiger partial charge in [-0.25, -0.2) is 0 Å². The molecule has 1 amide bonds. The van der Waals surface area contributed by atoms with E-state index >= 15 is 0 Å². The smallest absolute Gasteiger partial charge is 0.224 e. The lowest BCUT2D eigenvalue weighted by Crippen LogP contribution is -2.14. The minimum Gasteiger partial charge on any atom is -0.491 e. The molecule has 4 nitrogen and oxygen atoms in total. The Kier molecular flexibility index (Phi) is 7.73. The minimum atomic E-state index is 0.0291. The second-order valence-corrected chi connectivity index (χ2v) is 5.11. The second kappa shape index (κ2) is 9.37. The molecule has 1 atom stereocenters. The number of para-hydroxylation sites is 2. The van der Waals surface area contributed by atoms with Gasteiger partial charge >= 0.3 is 0 Å². The predicted octanol–water partition coefficient (Wildman–Crippen LogP) is 3.18. The Hall–Kier alpha value is -1.55.